The van der Waals surface area contributed by atoms with Gasteiger partial charge in [-0.1, -0.05) is 25.4 Å². The lowest BCUT2D eigenvalue weighted by atomic mass is 10.1. The molecule has 1 aromatic carbocycles. The van der Waals surface area contributed by atoms with Gasteiger partial charge in [0.15, 0.2) is 11.5 Å². The van der Waals surface area contributed by atoms with E-state index in [-0.39, 0.29) is 0 Å². The zero-order valence-electron chi connectivity index (χ0n) is 12.4. The third-order valence-electron chi connectivity index (χ3n) is 3.33. The second-order valence-electron chi connectivity index (χ2n) is 5.67. The molecule has 4 heteroatoms. The van der Waals surface area contributed by atoms with Crippen LogP contribution in [0.1, 0.15) is 38.7 Å². The van der Waals surface area contributed by atoms with Crippen molar-refractivity contribution in [2.45, 2.75) is 39.7 Å². The summed E-state index contributed by atoms with van der Waals surface area (Å²) in [5, 5.41) is 4.09. The van der Waals surface area contributed by atoms with Gasteiger partial charge in [0.25, 0.3) is 0 Å². The van der Waals surface area contributed by atoms with Gasteiger partial charge in [0, 0.05) is 13.0 Å². The summed E-state index contributed by atoms with van der Waals surface area (Å²) in [6, 6.07) is 3.99. The van der Waals surface area contributed by atoms with E-state index in [4.69, 9.17) is 21.1 Å². The Morgan fingerprint density at radius 3 is 2.85 bits per heavy atom. The fourth-order valence-electron chi connectivity index (χ4n) is 2.25. The first-order valence-corrected chi connectivity index (χ1v) is 7.83. The molecule has 0 bridgehead atoms. The molecule has 1 heterocycles. The first-order chi connectivity index (χ1) is 9.66. The Morgan fingerprint density at radius 1 is 1.25 bits per heavy atom. The Bertz CT molecular complexity index is 435. The molecule has 1 aliphatic rings. The van der Waals surface area contributed by atoms with Crippen LogP contribution in [0.2, 0.25) is 5.02 Å². The number of ether oxygens (including phenoxy) is 2. The number of hydrogen-bond acceptors (Lipinski definition) is 3. The van der Waals surface area contributed by atoms with E-state index in [0.29, 0.717) is 24.0 Å². The van der Waals surface area contributed by atoms with E-state index in [1.54, 1.807) is 0 Å². The molecular formula is C16H24ClNO2. The predicted molar refractivity (Wildman–Crippen MR) is 82.8 cm³/mol. The Kier molecular flexibility index (Phi) is 5.99. The molecule has 1 aromatic rings. The van der Waals surface area contributed by atoms with E-state index in [1.807, 2.05) is 12.1 Å². The fourth-order valence-corrected chi connectivity index (χ4v) is 2.54. The van der Waals surface area contributed by atoms with E-state index in [0.717, 1.165) is 36.7 Å². The average molecular weight is 298 g/mol. The smallest absolute Gasteiger partial charge is 0.179 e. The molecule has 112 valence electrons. The summed E-state index contributed by atoms with van der Waals surface area (Å²) in [6.45, 7) is 7.71. The predicted octanol–water partition coefficient (Wildman–Crippen LogP) is 4.03. The normalized spacial score (nSPS) is 14.4. The number of rotatable bonds is 6. The fraction of sp³-hybridized carbons (Fsp3) is 0.625. The Labute approximate surface area is 126 Å². The van der Waals surface area contributed by atoms with Crippen molar-refractivity contribution in [3.63, 3.8) is 0 Å². The first-order valence-electron chi connectivity index (χ1n) is 7.45. The maximum absolute atomic E-state index is 6.27. The van der Waals surface area contributed by atoms with Crippen LogP contribution >= 0.6 is 11.6 Å². The lowest BCUT2D eigenvalue weighted by Crippen LogP contribution is -2.15. The topological polar surface area (TPSA) is 30.5 Å². The lowest BCUT2D eigenvalue weighted by Gasteiger charge is -2.12. The van der Waals surface area contributed by atoms with Crippen molar-refractivity contribution in [3.8, 4) is 11.5 Å². The molecule has 1 N–H and O–H groups in total. The van der Waals surface area contributed by atoms with Gasteiger partial charge in [-0.05, 0) is 43.0 Å². The molecule has 1 aliphatic heterocycles. The molecule has 2 rings (SSSR count). The van der Waals surface area contributed by atoms with Crippen LogP contribution in [-0.2, 0) is 6.54 Å². The summed E-state index contributed by atoms with van der Waals surface area (Å²) in [5.41, 5.74) is 1.14. The van der Waals surface area contributed by atoms with Gasteiger partial charge in [0.1, 0.15) is 0 Å². The monoisotopic (exact) mass is 297 g/mol. The average Bonchev–Trinajstić information content (AvgIpc) is 2.63. The van der Waals surface area contributed by atoms with Crippen LogP contribution in [-0.4, -0.2) is 19.8 Å². The minimum absolute atomic E-state index is 0.642. The van der Waals surface area contributed by atoms with Crippen molar-refractivity contribution in [3.05, 3.63) is 22.7 Å². The molecule has 0 amide bonds. The van der Waals surface area contributed by atoms with Crippen LogP contribution < -0.4 is 14.8 Å². The van der Waals surface area contributed by atoms with Crippen LogP contribution in [0, 0.1) is 5.92 Å². The van der Waals surface area contributed by atoms with Gasteiger partial charge >= 0.3 is 0 Å². The highest BCUT2D eigenvalue weighted by molar-refractivity contribution is 6.32. The van der Waals surface area contributed by atoms with E-state index in [1.165, 1.54) is 12.8 Å². The molecule has 0 aromatic heterocycles. The van der Waals surface area contributed by atoms with E-state index in [2.05, 4.69) is 19.2 Å². The quantitative estimate of drug-likeness (QED) is 0.804. The molecule has 3 nitrogen and oxygen atoms in total. The molecule has 0 spiro atoms. The van der Waals surface area contributed by atoms with Gasteiger partial charge in [-0.15, -0.1) is 0 Å². The summed E-state index contributed by atoms with van der Waals surface area (Å²) in [6.07, 6.45) is 3.36. The van der Waals surface area contributed by atoms with Crippen molar-refractivity contribution in [1.29, 1.82) is 0 Å². The number of hydrogen-bond donors (Lipinski definition) is 1. The van der Waals surface area contributed by atoms with Gasteiger partial charge < -0.3 is 14.8 Å². The number of nitrogens with one attached hydrogen (secondary N) is 1. The Balaban J connectivity index is 1.89. The van der Waals surface area contributed by atoms with Gasteiger partial charge in [0.05, 0.1) is 18.2 Å². The molecular weight excluding hydrogens is 274 g/mol. The minimum Gasteiger partial charge on any atom is -0.489 e. The van der Waals surface area contributed by atoms with Crippen LogP contribution in [0.15, 0.2) is 12.1 Å². The van der Waals surface area contributed by atoms with Crippen molar-refractivity contribution in [2.75, 3.05) is 19.8 Å². The molecule has 0 aliphatic carbocycles. The van der Waals surface area contributed by atoms with Gasteiger partial charge in [-0.25, -0.2) is 0 Å². The third-order valence-corrected chi connectivity index (χ3v) is 3.61. The van der Waals surface area contributed by atoms with E-state index < -0.39 is 0 Å². The van der Waals surface area contributed by atoms with Crippen LogP contribution in [0.4, 0.5) is 0 Å². The molecule has 0 radical (unpaired) electrons. The number of halogens is 1. The highest BCUT2D eigenvalue weighted by atomic mass is 35.5. The largest absolute Gasteiger partial charge is 0.489 e. The zero-order chi connectivity index (χ0) is 14.4. The maximum atomic E-state index is 6.27. The number of benzene rings is 1. The van der Waals surface area contributed by atoms with Gasteiger partial charge in [0.2, 0.25) is 0 Å². The van der Waals surface area contributed by atoms with Crippen molar-refractivity contribution in [1.82, 2.24) is 5.32 Å². The van der Waals surface area contributed by atoms with Crippen molar-refractivity contribution < 1.29 is 9.47 Å². The van der Waals surface area contributed by atoms with Crippen molar-refractivity contribution >= 4 is 11.6 Å². The summed E-state index contributed by atoms with van der Waals surface area (Å²) < 4.78 is 11.3. The molecule has 0 unspecified atom stereocenters. The zero-order valence-corrected chi connectivity index (χ0v) is 13.1. The number of fused-ring (bicyclic) bond motifs is 1. The lowest BCUT2D eigenvalue weighted by molar-refractivity contribution is 0.297. The summed E-state index contributed by atoms with van der Waals surface area (Å²) in [4.78, 5) is 0. The van der Waals surface area contributed by atoms with Gasteiger partial charge in [-0.2, -0.15) is 0 Å². The minimum atomic E-state index is 0.642. The molecule has 20 heavy (non-hydrogen) atoms. The second kappa shape index (κ2) is 7.75. The SMILES string of the molecule is CC(C)CCCNCc1cc(Cl)c2c(c1)OCCCO2. The van der Waals surface area contributed by atoms with Crippen LogP contribution in [0.25, 0.3) is 0 Å². The van der Waals surface area contributed by atoms with Crippen LogP contribution in [0.3, 0.4) is 0 Å². The Hall–Kier alpha value is -0.930. The molecule has 0 atom stereocenters. The maximum Gasteiger partial charge on any atom is 0.179 e. The standard InChI is InChI=1S/C16H24ClNO2/c1-12(2)5-3-6-18-11-13-9-14(17)16-15(10-13)19-7-4-8-20-16/h9-10,12,18H,3-8,11H2,1-2H3. The second-order valence-corrected chi connectivity index (χ2v) is 6.08. The summed E-state index contributed by atoms with van der Waals surface area (Å²) in [5.74, 6) is 2.23. The van der Waals surface area contributed by atoms with E-state index in [9.17, 15) is 0 Å². The highest BCUT2D eigenvalue weighted by Gasteiger charge is 2.15. The first kappa shape index (κ1) is 15.5. The molecule has 0 saturated heterocycles. The third kappa shape index (κ3) is 4.57. The van der Waals surface area contributed by atoms with E-state index >= 15 is 0 Å². The molecule has 0 saturated carbocycles. The van der Waals surface area contributed by atoms with Crippen LogP contribution in [0.5, 0.6) is 11.5 Å². The molecule has 0 fully saturated rings. The Morgan fingerprint density at radius 2 is 2.05 bits per heavy atom. The highest BCUT2D eigenvalue weighted by Crippen LogP contribution is 2.37. The summed E-state index contributed by atoms with van der Waals surface area (Å²) in [7, 11) is 0. The van der Waals surface area contributed by atoms with Crippen molar-refractivity contribution in [2.24, 2.45) is 5.92 Å². The van der Waals surface area contributed by atoms with Gasteiger partial charge in [-0.3, -0.25) is 0 Å². The summed E-state index contributed by atoms with van der Waals surface area (Å²) >= 11 is 6.27.